The highest BCUT2D eigenvalue weighted by molar-refractivity contribution is 5.73. The van der Waals surface area contributed by atoms with Gasteiger partial charge in [-0.2, -0.15) is 0 Å². The van der Waals surface area contributed by atoms with E-state index in [1.807, 2.05) is 4.90 Å². The summed E-state index contributed by atoms with van der Waals surface area (Å²) in [5.74, 6) is 0.745. The van der Waals surface area contributed by atoms with Crippen molar-refractivity contribution in [1.82, 2.24) is 15.5 Å². The molecule has 2 saturated heterocycles. The molecular weight excluding hydrogens is 309 g/mol. The van der Waals surface area contributed by atoms with Crippen LogP contribution in [0.25, 0.3) is 0 Å². The summed E-state index contributed by atoms with van der Waals surface area (Å²) in [7, 11) is 0. The molecule has 132 valence electrons. The molecule has 2 N–H and O–H groups in total. The molecule has 3 rings (SSSR count). The molecule has 3 unspecified atom stereocenters. The molecule has 0 bridgehead atoms. The molecule has 1 aromatic rings. The van der Waals surface area contributed by atoms with Crippen molar-refractivity contribution < 1.29 is 13.9 Å². The zero-order valence-corrected chi connectivity index (χ0v) is 14.1. The van der Waals surface area contributed by atoms with Gasteiger partial charge in [-0.1, -0.05) is 6.07 Å². The number of nitrogens with zero attached hydrogens (tertiary/aromatic N) is 1. The highest BCUT2D eigenvalue weighted by Crippen LogP contribution is 2.25. The zero-order chi connectivity index (χ0) is 16.9. The fourth-order valence-electron chi connectivity index (χ4n) is 3.70. The summed E-state index contributed by atoms with van der Waals surface area (Å²) >= 11 is 0. The van der Waals surface area contributed by atoms with Gasteiger partial charge in [0.1, 0.15) is 17.7 Å². The number of hydrogen-bond donors (Lipinski definition) is 2. The lowest BCUT2D eigenvalue weighted by molar-refractivity contribution is -0.128. The molecule has 2 heterocycles. The van der Waals surface area contributed by atoms with Crippen molar-refractivity contribution in [3.05, 3.63) is 30.1 Å². The third kappa shape index (κ3) is 4.24. The van der Waals surface area contributed by atoms with Crippen LogP contribution in [0.2, 0.25) is 0 Å². The standard InChI is InChI=1S/C18H26FN3O2/c1-13(23)22-9-6-17(21-8-10-22)16-12-20-7-5-18(16)24-15-4-2-3-14(19)11-15/h2-4,11,16-18,20-21H,5-10,12H2,1H3. The Morgan fingerprint density at radius 3 is 2.96 bits per heavy atom. The predicted octanol–water partition coefficient (Wildman–Crippen LogP) is 1.39. The van der Waals surface area contributed by atoms with Crippen molar-refractivity contribution >= 4 is 5.91 Å². The van der Waals surface area contributed by atoms with Crippen LogP contribution in [0.4, 0.5) is 4.39 Å². The van der Waals surface area contributed by atoms with E-state index < -0.39 is 0 Å². The van der Waals surface area contributed by atoms with E-state index in [0.29, 0.717) is 17.7 Å². The lowest BCUT2D eigenvalue weighted by Gasteiger charge is -2.37. The molecule has 0 aromatic heterocycles. The van der Waals surface area contributed by atoms with Crippen LogP contribution in [-0.2, 0) is 4.79 Å². The zero-order valence-electron chi connectivity index (χ0n) is 14.1. The summed E-state index contributed by atoms with van der Waals surface area (Å²) in [6.45, 7) is 5.73. The minimum Gasteiger partial charge on any atom is -0.490 e. The topological polar surface area (TPSA) is 53.6 Å². The van der Waals surface area contributed by atoms with Crippen LogP contribution in [0.1, 0.15) is 19.8 Å². The number of amides is 1. The quantitative estimate of drug-likeness (QED) is 0.877. The largest absolute Gasteiger partial charge is 0.490 e. The van der Waals surface area contributed by atoms with E-state index in [2.05, 4.69) is 10.6 Å². The molecule has 1 amide bonds. The lowest BCUT2D eigenvalue weighted by Crippen LogP contribution is -2.52. The Bertz CT molecular complexity index is 569. The predicted molar refractivity (Wildman–Crippen MR) is 90.5 cm³/mol. The summed E-state index contributed by atoms with van der Waals surface area (Å²) in [6.07, 6.45) is 1.86. The first-order valence-corrected chi connectivity index (χ1v) is 8.75. The minimum absolute atomic E-state index is 0.0504. The molecule has 0 saturated carbocycles. The van der Waals surface area contributed by atoms with E-state index in [-0.39, 0.29) is 17.8 Å². The van der Waals surface area contributed by atoms with Gasteiger partial charge in [-0.15, -0.1) is 0 Å². The molecular formula is C18H26FN3O2. The smallest absolute Gasteiger partial charge is 0.219 e. The van der Waals surface area contributed by atoms with Gasteiger partial charge >= 0.3 is 0 Å². The van der Waals surface area contributed by atoms with Gasteiger partial charge in [-0.3, -0.25) is 4.79 Å². The van der Waals surface area contributed by atoms with Crippen molar-refractivity contribution in [3.8, 4) is 5.75 Å². The van der Waals surface area contributed by atoms with Gasteiger partial charge < -0.3 is 20.3 Å². The molecule has 1 aromatic carbocycles. The Morgan fingerprint density at radius 2 is 2.17 bits per heavy atom. The SMILES string of the molecule is CC(=O)N1CCNC(C2CNCCC2Oc2cccc(F)c2)CC1. The molecule has 24 heavy (non-hydrogen) atoms. The second kappa shape index (κ2) is 7.94. The molecule has 0 spiro atoms. The van der Waals surface area contributed by atoms with Crippen molar-refractivity contribution in [3.63, 3.8) is 0 Å². The highest BCUT2D eigenvalue weighted by Gasteiger charge is 2.34. The Labute approximate surface area is 142 Å². The molecule has 2 aliphatic rings. The van der Waals surface area contributed by atoms with Crippen LogP contribution < -0.4 is 15.4 Å². The van der Waals surface area contributed by atoms with E-state index >= 15 is 0 Å². The fourth-order valence-corrected chi connectivity index (χ4v) is 3.70. The Kier molecular flexibility index (Phi) is 5.68. The van der Waals surface area contributed by atoms with Crippen molar-refractivity contribution in [1.29, 1.82) is 0 Å². The van der Waals surface area contributed by atoms with Gasteiger partial charge in [0.15, 0.2) is 0 Å². The van der Waals surface area contributed by atoms with E-state index in [1.165, 1.54) is 12.1 Å². The van der Waals surface area contributed by atoms with Gasteiger partial charge in [-0.25, -0.2) is 4.39 Å². The second-order valence-electron chi connectivity index (χ2n) is 6.63. The van der Waals surface area contributed by atoms with E-state index in [1.54, 1.807) is 19.1 Å². The third-order valence-corrected chi connectivity index (χ3v) is 5.01. The number of carbonyl (C=O) groups is 1. The summed E-state index contributed by atoms with van der Waals surface area (Å²) in [5, 5.41) is 7.01. The maximum Gasteiger partial charge on any atom is 0.219 e. The maximum absolute atomic E-state index is 13.4. The monoisotopic (exact) mass is 335 g/mol. The van der Waals surface area contributed by atoms with E-state index in [0.717, 1.165) is 45.6 Å². The number of piperidine rings is 1. The number of carbonyl (C=O) groups excluding carboxylic acids is 1. The molecule has 0 aliphatic carbocycles. The molecule has 0 radical (unpaired) electrons. The number of nitrogens with one attached hydrogen (secondary N) is 2. The van der Waals surface area contributed by atoms with Gasteiger partial charge in [0.05, 0.1) is 0 Å². The summed E-state index contributed by atoms with van der Waals surface area (Å²) in [6, 6.07) is 6.64. The fraction of sp³-hybridized carbons (Fsp3) is 0.611. The first kappa shape index (κ1) is 17.2. The van der Waals surface area contributed by atoms with Crippen molar-refractivity contribution in [2.75, 3.05) is 32.7 Å². The minimum atomic E-state index is -0.275. The van der Waals surface area contributed by atoms with Crippen LogP contribution in [-0.4, -0.2) is 55.7 Å². The average molecular weight is 335 g/mol. The first-order valence-electron chi connectivity index (χ1n) is 8.75. The number of halogens is 1. The van der Waals surface area contributed by atoms with Crippen LogP contribution in [0.5, 0.6) is 5.75 Å². The molecule has 2 aliphatic heterocycles. The Balaban J connectivity index is 1.66. The maximum atomic E-state index is 13.4. The second-order valence-corrected chi connectivity index (χ2v) is 6.63. The van der Waals surface area contributed by atoms with E-state index in [4.69, 9.17) is 4.74 Å². The van der Waals surface area contributed by atoms with Gasteiger partial charge in [-0.05, 0) is 31.5 Å². The van der Waals surface area contributed by atoms with Gasteiger partial charge in [0.25, 0.3) is 0 Å². The van der Waals surface area contributed by atoms with Crippen LogP contribution in [0.3, 0.4) is 0 Å². The molecule has 5 nitrogen and oxygen atoms in total. The van der Waals surface area contributed by atoms with Crippen LogP contribution in [0, 0.1) is 11.7 Å². The molecule has 3 atom stereocenters. The van der Waals surface area contributed by atoms with Gasteiger partial charge in [0.2, 0.25) is 5.91 Å². The van der Waals surface area contributed by atoms with Crippen LogP contribution in [0.15, 0.2) is 24.3 Å². The first-order chi connectivity index (χ1) is 11.6. The highest BCUT2D eigenvalue weighted by atomic mass is 19.1. The van der Waals surface area contributed by atoms with Crippen molar-refractivity contribution in [2.24, 2.45) is 5.92 Å². The number of ether oxygens (including phenoxy) is 1. The molecule has 2 fully saturated rings. The van der Waals surface area contributed by atoms with Crippen molar-refractivity contribution in [2.45, 2.75) is 31.9 Å². The number of benzene rings is 1. The third-order valence-electron chi connectivity index (χ3n) is 5.01. The van der Waals surface area contributed by atoms with E-state index in [9.17, 15) is 9.18 Å². The Morgan fingerprint density at radius 1 is 1.29 bits per heavy atom. The summed E-state index contributed by atoms with van der Waals surface area (Å²) in [5.41, 5.74) is 0. The lowest BCUT2D eigenvalue weighted by atomic mass is 9.87. The number of rotatable bonds is 3. The summed E-state index contributed by atoms with van der Waals surface area (Å²) < 4.78 is 19.5. The van der Waals surface area contributed by atoms with Gasteiger partial charge in [0, 0.05) is 51.1 Å². The molecule has 6 heteroatoms. The summed E-state index contributed by atoms with van der Waals surface area (Å²) in [4.78, 5) is 13.5. The normalized spacial score (nSPS) is 28.2. The van der Waals surface area contributed by atoms with Crippen LogP contribution >= 0.6 is 0 Å². The Hall–Kier alpha value is -1.66. The average Bonchev–Trinajstić information content (AvgIpc) is 2.81. The number of hydrogen-bond acceptors (Lipinski definition) is 4.